The van der Waals surface area contributed by atoms with Gasteiger partial charge in [-0.1, -0.05) is 36.6 Å². The molecule has 0 bridgehead atoms. The first kappa shape index (κ1) is 16.4. The molecule has 1 fully saturated rings. The fourth-order valence-corrected chi connectivity index (χ4v) is 4.15. The summed E-state index contributed by atoms with van der Waals surface area (Å²) in [5, 5.41) is 9.70. The van der Waals surface area contributed by atoms with Gasteiger partial charge in [-0.25, -0.2) is 4.31 Å². The third kappa shape index (κ3) is 4.51. The van der Waals surface area contributed by atoms with Crippen molar-refractivity contribution in [2.75, 3.05) is 0 Å². The van der Waals surface area contributed by atoms with Crippen LogP contribution in [0.4, 0.5) is 0 Å². The smallest absolute Gasteiger partial charge is 0.0991 e. The number of hydrogen-bond donors (Lipinski definition) is 0. The molecule has 0 aromatic heterocycles. The van der Waals surface area contributed by atoms with Crippen molar-refractivity contribution in [3.8, 4) is 6.07 Å². The summed E-state index contributed by atoms with van der Waals surface area (Å²) in [5.74, 6) is 0. The minimum absolute atomic E-state index is 0.617. The predicted octanol–water partition coefficient (Wildman–Crippen LogP) is 5.66. The van der Waals surface area contributed by atoms with E-state index in [2.05, 4.69) is 34.6 Å². The minimum Gasteiger partial charge on any atom is -0.239 e. The molecular weight excluding hydrogens is 324 g/mol. The van der Waals surface area contributed by atoms with E-state index in [1.807, 2.05) is 36.2 Å². The van der Waals surface area contributed by atoms with Gasteiger partial charge in [-0.05, 0) is 66.8 Å². The molecule has 1 aliphatic rings. The van der Waals surface area contributed by atoms with Gasteiger partial charge in [-0.2, -0.15) is 5.26 Å². The Labute approximate surface area is 147 Å². The Morgan fingerprint density at radius 3 is 2.30 bits per heavy atom. The monoisotopic (exact) mass is 342 g/mol. The first-order valence-corrected chi connectivity index (χ1v) is 9.09. The molecule has 0 amide bonds. The highest BCUT2D eigenvalue weighted by Gasteiger charge is 2.23. The van der Waals surface area contributed by atoms with Crippen LogP contribution in [0.5, 0.6) is 0 Å². The van der Waals surface area contributed by atoms with Gasteiger partial charge < -0.3 is 0 Å². The Balaban J connectivity index is 1.74. The van der Waals surface area contributed by atoms with Gasteiger partial charge in [0.15, 0.2) is 0 Å². The van der Waals surface area contributed by atoms with Crippen LogP contribution in [0, 0.1) is 11.3 Å². The van der Waals surface area contributed by atoms with Crippen molar-refractivity contribution in [2.45, 2.75) is 43.2 Å². The third-order valence-corrected chi connectivity index (χ3v) is 5.59. The lowest BCUT2D eigenvalue weighted by atomic mass is 10.1. The highest BCUT2D eigenvalue weighted by molar-refractivity contribution is 7.97. The Bertz CT molecular complexity index is 670. The summed E-state index contributed by atoms with van der Waals surface area (Å²) in [7, 11) is 0. The molecule has 0 radical (unpaired) electrons. The van der Waals surface area contributed by atoms with E-state index in [-0.39, 0.29) is 0 Å². The standard InChI is InChI=1S/C19H19ClN2S/c20-17-9-11-19(12-10-17)23-22(18-3-1-2-4-18)14-16-7-5-15(13-21)6-8-16/h5-12,18H,1-4,14H2. The Hall–Kier alpha value is -1.47. The molecule has 1 aliphatic carbocycles. The molecular formula is C19H19ClN2S. The zero-order chi connectivity index (χ0) is 16.1. The molecule has 2 nitrogen and oxygen atoms in total. The first-order chi connectivity index (χ1) is 11.2. The fourth-order valence-electron chi connectivity index (χ4n) is 2.92. The van der Waals surface area contributed by atoms with E-state index in [0.717, 1.165) is 11.6 Å². The number of nitriles is 1. The van der Waals surface area contributed by atoms with E-state index in [1.165, 1.54) is 36.1 Å². The van der Waals surface area contributed by atoms with E-state index in [1.54, 1.807) is 0 Å². The molecule has 118 valence electrons. The average Bonchev–Trinajstić information content (AvgIpc) is 3.11. The molecule has 0 atom stereocenters. The van der Waals surface area contributed by atoms with Gasteiger partial charge >= 0.3 is 0 Å². The van der Waals surface area contributed by atoms with Crippen LogP contribution in [0.15, 0.2) is 53.4 Å². The van der Waals surface area contributed by atoms with E-state index in [0.29, 0.717) is 11.6 Å². The number of benzene rings is 2. The zero-order valence-corrected chi connectivity index (χ0v) is 14.5. The van der Waals surface area contributed by atoms with Gasteiger partial charge in [0.1, 0.15) is 0 Å². The van der Waals surface area contributed by atoms with Crippen molar-refractivity contribution in [1.82, 2.24) is 4.31 Å². The second kappa shape index (κ2) is 7.88. The van der Waals surface area contributed by atoms with Crippen LogP contribution in [0.25, 0.3) is 0 Å². The van der Waals surface area contributed by atoms with E-state index < -0.39 is 0 Å². The van der Waals surface area contributed by atoms with Gasteiger partial charge in [0, 0.05) is 22.5 Å². The Morgan fingerprint density at radius 2 is 1.70 bits per heavy atom. The molecule has 0 unspecified atom stereocenters. The van der Waals surface area contributed by atoms with Crippen LogP contribution in [-0.4, -0.2) is 10.3 Å². The lowest BCUT2D eigenvalue weighted by molar-refractivity contribution is 0.350. The van der Waals surface area contributed by atoms with Gasteiger partial charge in [-0.3, -0.25) is 0 Å². The summed E-state index contributed by atoms with van der Waals surface area (Å²) in [6.45, 7) is 0.893. The van der Waals surface area contributed by atoms with E-state index in [4.69, 9.17) is 16.9 Å². The first-order valence-electron chi connectivity index (χ1n) is 7.94. The maximum Gasteiger partial charge on any atom is 0.0991 e. The molecule has 0 spiro atoms. The van der Waals surface area contributed by atoms with Crippen LogP contribution in [0.1, 0.15) is 36.8 Å². The maximum atomic E-state index is 8.92. The van der Waals surface area contributed by atoms with Gasteiger partial charge in [-0.15, -0.1) is 0 Å². The molecule has 0 N–H and O–H groups in total. The van der Waals surface area contributed by atoms with Gasteiger partial charge in [0.25, 0.3) is 0 Å². The Kier molecular flexibility index (Phi) is 5.61. The number of nitrogens with zero attached hydrogens (tertiary/aromatic N) is 2. The topological polar surface area (TPSA) is 27.0 Å². The zero-order valence-electron chi connectivity index (χ0n) is 12.9. The van der Waals surface area contributed by atoms with Crippen LogP contribution >= 0.6 is 23.5 Å². The highest BCUT2D eigenvalue weighted by Crippen LogP contribution is 2.34. The predicted molar refractivity (Wildman–Crippen MR) is 96.3 cm³/mol. The lowest BCUT2D eigenvalue weighted by Gasteiger charge is -2.27. The summed E-state index contributed by atoms with van der Waals surface area (Å²) in [4.78, 5) is 1.22. The molecule has 0 saturated heterocycles. The van der Waals surface area contributed by atoms with Crippen LogP contribution in [0.3, 0.4) is 0 Å². The third-order valence-electron chi connectivity index (χ3n) is 4.19. The fraction of sp³-hybridized carbons (Fsp3) is 0.316. The molecule has 0 aliphatic heterocycles. The molecule has 23 heavy (non-hydrogen) atoms. The molecule has 2 aromatic carbocycles. The summed E-state index contributed by atoms with van der Waals surface area (Å²) >= 11 is 7.79. The number of rotatable bonds is 5. The summed E-state index contributed by atoms with van der Waals surface area (Å²) in [5.41, 5.74) is 1.96. The van der Waals surface area contributed by atoms with E-state index in [9.17, 15) is 0 Å². The summed E-state index contributed by atoms with van der Waals surface area (Å²) in [6, 6.07) is 18.7. The molecule has 3 rings (SSSR count). The molecule has 1 saturated carbocycles. The lowest BCUT2D eigenvalue weighted by Crippen LogP contribution is -2.26. The number of halogens is 1. The van der Waals surface area contributed by atoms with Crippen LogP contribution in [0.2, 0.25) is 5.02 Å². The summed E-state index contributed by atoms with van der Waals surface area (Å²) < 4.78 is 2.48. The van der Waals surface area contributed by atoms with Crippen molar-refractivity contribution in [3.63, 3.8) is 0 Å². The summed E-state index contributed by atoms with van der Waals surface area (Å²) in [6.07, 6.45) is 5.15. The maximum absolute atomic E-state index is 8.92. The van der Waals surface area contributed by atoms with Crippen molar-refractivity contribution in [3.05, 3.63) is 64.7 Å². The second-order valence-electron chi connectivity index (χ2n) is 5.87. The minimum atomic E-state index is 0.617. The molecule has 4 heteroatoms. The molecule has 0 heterocycles. The van der Waals surface area contributed by atoms with Crippen molar-refractivity contribution in [2.24, 2.45) is 0 Å². The van der Waals surface area contributed by atoms with Crippen molar-refractivity contribution >= 4 is 23.5 Å². The van der Waals surface area contributed by atoms with E-state index >= 15 is 0 Å². The van der Waals surface area contributed by atoms with Crippen molar-refractivity contribution in [1.29, 1.82) is 5.26 Å². The average molecular weight is 343 g/mol. The second-order valence-corrected chi connectivity index (χ2v) is 7.43. The SMILES string of the molecule is N#Cc1ccc(CN(Sc2ccc(Cl)cc2)C2CCCC2)cc1. The highest BCUT2D eigenvalue weighted by atomic mass is 35.5. The Morgan fingerprint density at radius 1 is 1.04 bits per heavy atom. The van der Waals surface area contributed by atoms with Crippen LogP contribution < -0.4 is 0 Å². The van der Waals surface area contributed by atoms with Crippen LogP contribution in [-0.2, 0) is 6.54 Å². The van der Waals surface area contributed by atoms with Gasteiger partial charge in [0.2, 0.25) is 0 Å². The molecule has 2 aromatic rings. The van der Waals surface area contributed by atoms with Gasteiger partial charge in [0.05, 0.1) is 11.6 Å². The quantitative estimate of drug-likeness (QED) is 0.655. The normalized spacial score (nSPS) is 15.0. The van der Waals surface area contributed by atoms with Crippen molar-refractivity contribution < 1.29 is 0 Å². The number of hydrogen-bond acceptors (Lipinski definition) is 3. The largest absolute Gasteiger partial charge is 0.239 e.